The Morgan fingerprint density at radius 3 is 2.55 bits per heavy atom. The number of anilines is 1. The smallest absolute Gasteiger partial charge is 0.170 e. The largest absolute Gasteiger partial charge is 0.490 e. The number of ether oxygens (including phenoxy) is 3. The van der Waals surface area contributed by atoms with Gasteiger partial charge < -0.3 is 19.1 Å². The maximum atomic E-state index is 6.56. The van der Waals surface area contributed by atoms with Crippen molar-refractivity contribution < 1.29 is 14.2 Å². The first-order valence-corrected chi connectivity index (χ1v) is 11.7. The number of morpholine rings is 1. The van der Waals surface area contributed by atoms with E-state index in [4.69, 9.17) is 37.4 Å². The first-order valence-electron chi connectivity index (χ1n) is 10.9. The fourth-order valence-electron chi connectivity index (χ4n) is 3.60. The van der Waals surface area contributed by atoms with Crippen LogP contribution in [0.1, 0.15) is 18.1 Å². The Kier molecular flexibility index (Phi) is 8.10. The molecule has 7 heteroatoms. The van der Waals surface area contributed by atoms with Gasteiger partial charge in [0.05, 0.1) is 36.2 Å². The standard InChI is InChI=1S/C26H26Cl2N2O3/c1-2-32-25-9-5-7-19(26(25)33-18-20-6-3-4-8-22(20)27)17-29-21-10-11-24(23(28)16-21)30-12-14-31-15-13-30/h3-11,16-17H,2,12-15,18H2,1H3. The van der Waals surface area contributed by atoms with E-state index in [0.29, 0.717) is 48.0 Å². The first-order chi connectivity index (χ1) is 16.2. The fraction of sp³-hybridized carbons (Fsp3) is 0.269. The molecule has 3 aromatic rings. The van der Waals surface area contributed by atoms with Gasteiger partial charge in [-0.15, -0.1) is 0 Å². The van der Waals surface area contributed by atoms with Gasteiger partial charge in [0, 0.05) is 35.5 Å². The minimum atomic E-state index is 0.324. The molecule has 1 aliphatic rings. The van der Waals surface area contributed by atoms with Crippen LogP contribution in [0.15, 0.2) is 65.7 Å². The summed E-state index contributed by atoms with van der Waals surface area (Å²) in [5.74, 6) is 1.29. The number of benzene rings is 3. The van der Waals surface area contributed by atoms with Crippen LogP contribution in [0.3, 0.4) is 0 Å². The van der Waals surface area contributed by atoms with E-state index in [0.717, 1.165) is 35.6 Å². The van der Waals surface area contributed by atoms with Crippen LogP contribution in [-0.4, -0.2) is 39.1 Å². The topological polar surface area (TPSA) is 43.3 Å². The molecule has 4 rings (SSSR count). The lowest BCUT2D eigenvalue weighted by Gasteiger charge is -2.29. The SMILES string of the molecule is CCOc1cccc(C=Nc2ccc(N3CCOCC3)c(Cl)c2)c1OCc1ccccc1Cl. The lowest BCUT2D eigenvalue weighted by atomic mass is 10.2. The van der Waals surface area contributed by atoms with Crippen molar-refractivity contribution >= 4 is 40.8 Å². The van der Waals surface area contributed by atoms with Gasteiger partial charge in [-0.05, 0) is 43.3 Å². The van der Waals surface area contributed by atoms with Gasteiger partial charge in [0.15, 0.2) is 11.5 Å². The fourth-order valence-corrected chi connectivity index (χ4v) is 4.09. The van der Waals surface area contributed by atoms with Crippen LogP contribution in [0, 0.1) is 0 Å². The Morgan fingerprint density at radius 1 is 0.970 bits per heavy atom. The van der Waals surface area contributed by atoms with E-state index in [1.54, 1.807) is 6.21 Å². The molecule has 0 atom stereocenters. The van der Waals surface area contributed by atoms with Crippen LogP contribution in [-0.2, 0) is 11.3 Å². The van der Waals surface area contributed by atoms with Crippen LogP contribution in [0.4, 0.5) is 11.4 Å². The van der Waals surface area contributed by atoms with Gasteiger partial charge in [-0.25, -0.2) is 0 Å². The van der Waals surface area contributed by atoms with E-state index in [2.05, 4.69) is 9.89 Å². The summed E-state index contributed by atoms with van der Waals surface area (Å²) in [4.78, 5) is 6.87. The normalized spacial score (nSPS) is 14.0. The van der Waals surface area contributed by atoms with Crippen LogP contribution in [0.25, 0.3) is 0 Å². The molecule has 0 saturated carbocycles. The first kappa shape index (κ1) is 23.4. The number of nitrogens with zero attached hydrogens (tertiary/aromatic N) is 2. The van der Waals surface area contributed by atoms with E-state index in [9.17, 15) is 0 Å². The molecule has 0 bridgehead atoms. The van der Waals surface area contributed by atoms with Gasteiger partial charge in [-0.1, -0.05) is 47.5 Å². The molecule has 1 fully saturated rings. The molecule has 33 heavy (non-hydrogen) atoms. The second-order valence-corrected chi connectivity index (χ2v) is 8.30. The third-order valence-corrected chi connectivity index (χ3v) is 5.95. The zero-order valence-corrected chi connectivity index (χ0v) is 20.0. The lowest BCUT2D eigenvalue weighted by Crippen LogP contribution is -2.36. The molecule has 0 radical (unpaired) electrons. The Morgan fingerprint density at radius 2 is 1.79 bits per heavy atom. The predicted molar refractivity (Wildman–Crippen MR) is 135 cm³/mol. The molecule has 1 aliphatic heterocycles. The predicted octanol–water partition coefficient (Wildman–Crippen LogP) is 6.56. The van der Waals surface area contributed by atoms with Crippen molar-refractivity contribution in [3.63, 3.8) is 0 Å². The van der Waals surface area contributed by atoms with Crippen molar-refractivity contribution in [2.45, 2.75) is 13.5 Å². The maximum Gasteiger partial charge on any atom is 0.170 e. The third kappa shape index (κ3) is 5.99. The van der Waals surface area contributed by atoms with E-state index >= 15 is 0 Å². The summed E-state index contributed by atoms with van der Waals surface area (Å²) < 4.78 is 17.4. The highest BCUT2D eigenvalue weighted by Gasteiger charge is 2.15. The zero-order chi connectivity index (χ0) is 23.0. The third-order valence-electron chi connectivity index (χ3n) is 5.27. The molecule has 1 heterocycles. The number of hydrogen-bond donors (Lipinski definition) is 0. The molecule has 0 amide bonds. The molecule has 0 spiro atoms. The molecule has 0 N–H and O–H groups in total. The van der Waals surface area contributed by atoms with Gasteiger partial charge in [0.25, 0.3) is 0 Å². The van der Waals surface area contributed by atoms with Crippen molar-refractivity contribution in [3.05, 3.63) is 81.8 Å². The summed E-state index contributed by atoms with van der Waals surface area (Å²) in [5, 5.41) is 1.33. The Balaban J connectivity index is 1.56. The molecular weight excluding hydrogens is 459 g/mol. The molecule has 5 nitrogen and oxygen atoms in total. The Hall–Kier alpha value is -2.73. The Bertz CT molecular complexity index is 1110. The molecule has 172 valence electrons. The highest BCUT2D eigenvalue weighted by atomic mass is 35.5. The maximum absolute atomic E-state index is 6.56. The van der Waals surface area contributed by atoms with E-state index in [1.165, 1.54) is 0 Å². The van der Waals surface area contributed by atoms with E-state index in [-0.39, 0.29) is 0 Å². The monoisotopic (exact) mass is 484 g/mol. The number of halogens is 2. The lowest BCUT2D eigenvalue weighted by molar-refractivity contribution is 0.122. The van der Waals surface area contributed by atoms with Crippen molar-refractivity contribution in [1.82, 2.24) is 0 Å². The Labute approximate surface area is 204 Å². The number of aliphatic imine (C=N–C) groups is 1. The van der Waals surface area contributed by atoms with E-state index in [1.807, 2.05) is 67.6 Å². The van der Waals surface area contributed by atoms with Crippen LogP contribution in [0.2, 0.25) is 10.0 Å². The highest BCUT2D eigenvalue weighted by molar-refractivity contribution is 6.33. The van der Waals surface area contributed by atoms with Gasteiger partial charge in [-0.3, -0.25) is 4.99 Å². The summed E-state index contributed by atoms with van der Waals surface area (Å²) in [7, 11) is 0. The van der Waals surface area contributed by atoms with Crippen LogP contribution in [0.5, 0.6) is 11.5 Å². The summed E-state index contributed by atoms with van der Waals surface area (Å²) in [6.07, 6.45) is 1.77. The van der Waals surface area contributed by atoms with Crippen molar-refractivity contribution in [2.24, 2.45) is 4.99 Å². The number of rotatable bonds is 8. The van der Waals surface area contributed by atoms with Gasteiger partial charge in [0.1, 0.15) is 6.61 Å². The average molecular weight is 485 g/mol. The zero-order valence-electron chi connectivity index (χ0n) is 18.5. The molecule has 0 aliphatic carbocycles. The summed E-state index contributed by atoms with van der Waals surface area (Å²) in [6.45, 7) is 5.88. The molecular formula is C26H26Cl2N2O3. The van der Waals surface area contributed by atoms with E-state index < -0.39 is 0 Å². The minimum Gasteiger partial charge on any atom is -0.490 e. The second kappa shape index (κ2) is 11.4. The van der Waals surface area contributed by atoms with Crippen molar-refractivity contribution in [1.29, 1.82) is 0 Å². The van der Waals surface area contributed by atoms with Crippen LogP contribution >= 0.6 is 23.2 Å². The molecule has 0 aromatic heterocycles. The molecule has 1 saturated heterocycles. The number of para-hydroxylation sites is 1. The highest BCUT2D eigenvalue weighted by Crippen LogP contribution is 2.34. The summed E-state index contributed by atoms with van der Waals surface area (Å²) in [6, 6.07) is 19.2. The average Bonchev–Trinajstić information content (AvgIpc) is 2.84. The van der Waals surface area contributed by atoms with Crippen molar-refractivity contribution in [3.8, 4) is 11.5 Å². The van der Waals surface area contributed by atoms with Gasteiger partial charge in [-0.2, -0.15) is 0 Å². The van der Waals surface area contributed by atoms with Gasteiger partial charge in [0.2, 0.25) is 0 Å². The molecule has 0 unspecified atom stereocenters. The van der Waals surface area contributed by atoms with Crippen molar-refractivity contribution in [2.75, 3.05) is 37.8 Å². The second-order valence-electron chi connectivity index (χ2n) is 7.48. The molecule has 3 aromatic carbocycles. The minimum absolute atomic E-state index is 0.324. The quantitative estimate of drug-likeness (QED) is 0.339. The summed E-state index contributed by atoms with van der Waals surface area (Å²) in [5.41, 5.74) is 3.47. The summed E-state index contributed by atoms with van der Waals surface area (Å²) >= 11 is 12.9. The van der Waals surface area contributed by atoms with Crippen LogP contribution < -0.4 is 14.4 Å². The number of hydrogen-bond acceptors (Lipinski definition) is 5. The van der Waals surface area contributed by atoms with Gasteiger partial charge >= 0.3 is 0 Å².